The van der Waals surface area contributed by atoms with Crippen molar-refractivity contribution in [1.82, 2.24) is 14.9 Å². The van der Waals surface area contributed by atoms with E-state index >= 15 is 0 Å². The van der Waals surface area contributed by atoms with Crippen molar-refractivity contribution in [2.24, 2.45) is 0 Å². The van der Waals surface area contributed by atoms with Crippen molar-refractivity contribution in [3.05, 3.63) is 10.6 Å². The third kappa shape index (κ3) is 5.06. The van der Waals surface area contributed by atoms with E-state index in [2.05, 4.69) is 14.9 Å². The lowest BCUT2D eigenvalue weighted by molar-refractivity contribution is -0.135. The van der Waals surface area contributed by atoms with Gasteiger partial charge in [0.15, 0.2) is 0 Å². The standard InChI is InChI=1S/C12H20F3N3S/c1-11(2,3)10-9(19-18-17-10)8(16-4)6-5-7-12(13,14)15/h8,16H,5-7H2,1-4H3. The lowest BCUT2D eigenvalue weighted by Gasteiger charge is -2.21. The second kappa shape index (κ2) is 6.17. The number of hydrogen-bond donors (Lipinski definition) is 1. The van der Waals surface area contributed by atoms with Gasteiger partial charge in [-0.1, -0.05) is 25.3 Å². The largest absolute Gasteiger partial charge is 0.389 e. The molecule has 110 valence electrons. The maximum absolute atomic E-state index is 12.2. The summed E-state index contributed by atoms with van der Waals surface area (Å²) in [6.45, 7) is 6.07. The van der Waals surface area contributed by atoms with Gasteiger partial charge < -0.3 is 5.32 Å². The molecule has 7 heteroatoms. The lowest BCUT2D eigenvalue weighted by atomic mass is 9.89. The van der Waals surface area contributed by atoms with Crippen LogP contribution in [-0.4, -0.2) is 22.8 Å². The van der Waals surface area contributed by atoms with E-state index in [-0.39, 0.29) is 17.9 Å². The van der Waals surface area contributed by atoms with Crippen LogP contribution in [0.25, 0.3) is 0 Å². The van der Waals surface area contributed by atoms with Crippen LogP contribution in [0.2, 0.25) is 0 Å². The highest BCUT2D eigenvalue weighted by molar-refractivity contribution is 7.05. The fraction of sp³-hybridized carbons (Fsp3) is 0.833. The molecule has 0 bridgehead atoms. The molecule has 0 spiro atoms. The fourth-order valence-electron chi connectivity index (χ4n) is 1.86. The van der Waals surface area contributed by atoms with Crippen LogP contribution in [-0.2, 0) is 5.41 Å². The molecule has 1 aromatic heterocycles. The van der Waals surface area contributed by atoms with Gasteiger partial charge >= 0.3 is 6.18 Å². The van der Waals surface area contributed by atoms with Gasteiger partial charge in [0.1, 0.15) is 0 Å². The van der Waals surface area contributed by atoms with Crippen LogP contribution < -0.4 is 5.32 Å². The monoisotopic (exact) mass is 295 g/mol. The lowest BCUT2D eigenvalue weighted by Crippen LogP contribution is -2.22. The molecule has 0 saturated carbocycles. The van der Waals surface area contributed by atoms with E-state index in [1.807, 2.05) is 20.8 Å². The number of rotatable bonds is 5. The number of alkyl halides is 3. The quantitative estimate of drug-likeness (QED) is 0.897. The highest BCUT2D eigenvalue weighted by Gasteiger charge is 2.29. The Hall–Kier alpha value is -0.690. The zero-order valence-corrected chi connectivity index (χ0v) is 12.5. The van der Waals surface area contributed by atoms with E-state index in [0.29, 0.717) is 6.42 Å². The highest BCUT2D eigenvalue weighted by atomic mass is 32.1. The molecule has 1 unspecified atom stereocenters. The Morgan fingerprint density at radius 3 is 2.37 bits per heavy atom. The predicted molar refractivity (Wildman–Crippen MR) is 70.3 cm³/mol. The van der Waals surface area contributed by atoms with Crippen molar-refractivity contribution >= 4 is 11.5 Å². The zero-order chi connectivity index (χ0) is 14.7. The molecule has 0 aliphatic carbocycles. The van der Waals surface area contributed by atoms with Crippen LogP contribution in [0.15, 0.2) is 0 Å². The first kappa shape index (κ1) is 16.4. The summed E-state index contributed by atoms with van der Waals surface area (Å²) >= 11 is 1.26. The van der Waals surface area contributed by atoms with E-state index in [1.54, 1.807) is 7.05 Å². The molecule has 0 fully saturated rings. The predicted octanol–water partition coefficient (Wildman–Crippen LogP) is 3.83. The molecular weight excluding hydrogens is 275 g/mol. The van der Waals surface area contributed by atoms with Gasteiger partial charge in [-0.05, 0) is 31.4 Å². The topological polar surface area (TPSA) is 37.8 Å². The number of nitrogens with zero attached hydrogens (tertiary/aromatic N) is 2. The van der Waals surface area contributed by atoms with Crippen molar-refractivity contribution in [2.75, 3.05) is 7.05 Å². The first-order valence-corrected chi connectivity index (χ1v) is 6.99. The highest BCUT2D eigenvalue weighted by Crippen LogP contribution is 2.33. The van der Waals surface area contributed by atoms with Crippen molar-refractivity contribution in [3.8, 4) is 0 Å². The summed E-state index contributed by atoms with van der Waals surface area (Å²) in [4.78, 5) is 0.942. The van der Waals surface area contributed by atoms with Gasteiger partial charge in [-0.15, -0.1) is 5.10 Å². The first-order valence-electron chi connectivity index (χ1n) is 6.22. The number of aromatic nitrogens is 2. The van der Waals surface area contributed by atoms with Crippen molar-refractivity contribution in [2.45, 2.75) is 57.7 Å². The van der Waals surface area contributed by atoms with Gasteiger partial charge in [0.25, 0.3) is 0 Å². The molecule has 19 heavy (non-hydrogen) atoms. The summed E-state index contributed by atoms with van der Waals surface area (Å²) in [6.07, 6.45) is -4.29. The minimum atomic E-state index is -4.09. The summed E-state index contributed by atoms with van der Waals surface area (Å²) in [5.74, 6) is 0. The van der Waals surface area contributed by atoms with Gasteiger partial charge in [0.2, 0.25) is 0 Å². The van der Waals surface area contributed by atoms with E-state index in [1.165, 1.54) is 11.5 Å². The van der Waals surface area contributed by atoms with Gasteiger partial charge in [-0.25, -0.2) is 0 Å². The molecule has 0 aromatic carbocycles. The van der Waals surface area contributed by atoms with Crippen LogP contribution in [0, 0.1) is 0 Å². The molecule has 1 atom stereocenters. The van der Waals surface area contributed by atoms with E-state index in [4.69, 9.17) is 0 Å². The van der Waals surface area contributed by atoms with Crippen LogP contribution >= 0.6 is 11.5 Å². The average Bonchev–Trinajstić information content (AvgIpc) is 2.71. The van der Waals surface area contributed by atoms with Crippen LogP contribution in [0.1, 0.15) is 56.6 Å². The molecule has 0 aliphatic rings. The minimum Gasteiger partial charge on any atom is -0.312 e. The Labute approximate surface area is 115 Å². The summed E-state index contributed by atoms with van der Waals surface area (Å²) in [7, 11) is 1.75. The number of halogens is 3. The van der Waals surface area contributed by atoms with Gasteiger partial charge in [0, 0.05) is 17.9 Å². The Balaban J connectivity index is 2.73. The van der Waals surface area contributed by atoms with Crippen LogP contribution in [0.3, 0.4) is 0 Å². The van der Waals surface area contributed by atoms with E-state index in [0.717, 1.165) is 10.6 Å². The van der Waals surface area contributed by atoms with Gasteiger partial charge in [-0.3, -0.25) is 0 Å². The third-order valence-electron chi connectivity index (χ3n) is 2.84. The van der Waals surface area contributed by atoms with E-state index < -0.39 is 12.6 Å². The Morgan fingerprint density at radius 1 is 1.26 bits per heavy atom. The molecule has 0 radical (unpaired) electrons. The molecule has 1 aromatic rings. The van der Waals surface area contributed by atoms with Crippen LogP contribution in [0.5, 0.6) is 0 Å². The normalized spacial score (nSPS) is 14.7. The van der Waals surface area contributed by atoms with Gasteiger partial charge in [0.05, 0.1) is 10.6 Å². The third-order valence-corrected chi connectivity index (χ3v) is 3.68. The van der Waals surface area contributed by atoms with Crippen molar-refractivity contribution in [3.63, 3.8) is 0 Å². The summed E-state index contributed by atoms with van der Waals surface area (Å²) in [5.41, 5.74) is 0.713. The molecule has 1 rings (SSSR count). The summed E-state index contributed by atoms with van der Waals surface area (Å²) < 4.78 is 40.5. The maximum Gasteiger partial charge on any atom is 0.389 e. The molecule has 0 saturated heterocycles. The molecule has 1 heterocycles. The molecular formula is C12H20F3N3S. The number of nitrogens with one attached hydrogen (secondary N) is 1. The van der Waals surface area contributed by atoms with Crippen molar-refractivity contribution < 1.29 is 13.2 Å². The molecule has 0 aliphatic heterocycles. The second-order valence-corrected chi connectivity index (χ2v) is 6.37. The van der Waals surface area contributed by atoms with Crippen LogP contribution in [0.4, 0.5) is 13.2 Å². The second-order valence-electron chi connectivity index (χ2n) is 5.58. The fourth-order valence-corrected chi connectivity index (χ4v) is 2.87. The summed E-state index contributed by atoms with van der Waals surface area (Å²) in [5, 5.41) is 7.19. The molecule has 3 nitrogen and oxygen atoms in total. The Bertz CT molecular complexity index is 396. The minimum absolute atomic E-state index is 0.108. The maximum atomic E-state index is 12.2. The number of hydrogen-bond acceptors (Lipinski definition) is 4. The molecule has 1 N–H and O–H groups in total. The molecule has 0 amide bonds. The Kier molecular flexibility index (Phi) is 5.32. The summed E-state index contributed by atoms with van der Waals surface area (Å²) in [6, 6.07) is -0.114. The average molecular weight is 295 g/mol. The smallest absolute Gasteiger partial charge is 0.312 e. The van der Waals surface area contributed by atoms with Crippen molar-refractivity contribution in [1.29, 1.82) is 0 Å². The first-order chi connectivity index (χ1) is 8.65. The SMILES string of the molecule is CNC(CCCC(F)(F)F)c1snnc1C(C)(C)C. The zero-order valence-electron chi connectivity index (χ0n) is 11.6. The van der Waals surface area contributed by atoms with Gasteiger partial charge in [-0.2, -0.15) is 13.2 Å². The van der Waals surface area contributed by atoms with E-state index in [9.17, 15) is 13.2 Å². The Morgan fingerprint density at radius 2 is 1.89 bits per heavy atom.